The van der Waals surface area contributed by atoms with Crippen molar-refractivity contribution in [1.82, 2.24) is 4.98 Å². The molecule has 0 aliphatic rings. The van der Waals surface area contributed by atoms with Crippen LogP contribution in [0.3, 0.4) is 0 Å². The Morgan fingerprint density at radius 2 is 2.15 bits per heavy atom. The van der Waals surface area contributed by atoms with Crippen LogP contribution in [-0.2, 0) is 0 Å². The summed E-state index contributed by atoms with van der Waals surface area (Å²) in [7, 11) is 0. The largest absolute Gasteiger partial charge is 0.463 e. The highest BCUT2D eigenvalue weighted by Crippen LogP contribution is 2.21. The third kappa shape index (κ3) is 1.62. The standard InChI is InChI=1S/C9H5BrFNO/c10-6-3-4-7(12-9(6)11)8-2-1-5-13-8/h1-5H. The van der Waals surface area contributed by atoms with E-state index in [1.807, 2.05) is 0 Å². The van der Waals surface area contributed by atoms with E-state index in [1.54, 1.807) is 24.3 Å². The summed E-state index contributed by atoms with van der Waals surface area (Å²) in [6, 6.07) is 6.75. The van der Waals surface area contributed by atoms with E-state index >= 15 is 0 Å². The van der Waals surface area contributed by atoms with Gasteiger partial charge in [-0.2, -0.15) is 4.39 Å². The molecule has 0 aliphatic carbocycles. The van der Waals surface area contributed by atoms with Crippen molar-refractivity contribution in [2.45, 2.75) is 0 Å². The molecule has 0 aromatic carbocycles. The molecule has 13 heavy (non-hydrogen) atoms. The number of pyridine rings is 1. The molecule has 2 aromatic heterocycles. The van der Waals surface area contributed by atoms with Crippen LogP contribution in [0.2, 0.25) is 0 Å². The predicted octanol–water partition coefficient (Wildman–Crippen LogP) is 3.24. The van der Waals surface area contributed by atoms with Crippen LogP contribution in [0.25, 0.3) is 11.5 Å². The van der Waals surface area contributed by atoms with E-state index in [9.17, 15) is 4.39 Å². The molecule has 2 heterocycles. The van der Waals surface area contributed by atoms with Crippen molar-refractivity contribution in [3.8, 4) is 11.5 Å². The lowest BCUT2D eigenvalue weighted by molar-refractivity contribution is 0.560. The molecule has 0 saturated heterocycles. The minimum absolute atomic E-state index is 0.350. The van der Waals surface area contributed by atoms with Gasteiger partial charge < -0.3 is 4.42 Å². The van der Waals surface area contributed by atoms with E-state index in [-0.39, 0.29) is 0 Å². The van der Waals surface area contributed by atoms with Crippen molar-refractivity contribution in [2.75, 3.05) is 0 Å². The molecular formula is C9H5BrFNO. The van der Waals surface area contributed by atoms with Crippen LogP contribution in [0.4, 0.5) is 4.39 Å². The SMILES string of the molecule is Fc1nc(-c2ccco2)ccc1Br. The number of nitrogens with zero attached hydrogens (tertiary/aromatic N) is 1. The topological polar surface area (TPSA) is 26.0 Å². The van der Waals surface area contributed by atoms with Gasteiger partial charge in [0.15, 0.2) is 5.76 Å². The van der Waals surface area contributed by atoms with Crippen LogP contribution >= 0.6 is 15.9 Å². The van der Waals surface area contributed by atoms with Gasteiger partial charge in [0.05, 0.1) is 10.7 Å². The number of hydrogen-bond acceptors (Lipinski definition) is 2. The van der Waals surface area contributed by atoms with Crippen LogP contribution in [0, 0.1) is 5.95 Å². The van der Waals surface area contributed by atoms with Crippen molar-refractivity contribution < 1.29 is 8.81 Å². The fraction of sp³-hybridized carbons (Fsp3) is 0. The van der Waals surface area contributed by atoms with Gasteiger partial charge in [-0.15, -0.1) is 0 Å². The average Bonchev–Trinajstić information content (AvgIpc) is 2.62. The maximum absolute atomic E-state index is 13.0. The van der Waals surface area contributed by atoms with Gasteiger partial charge in [-0.05, 0) is 40.2 Å². The molecule has 0 spiro atoms. The molecule has 0 saturated carbocycles. The van der Waals surface area contributed by atoms with Gasteiger partial charge in [0.2, 0.25) is 5.95 Å². The minimum atomic E-state index is -0.533. The molecular weight excluding hydrogens is 237 g/mol. The van der Waals surface area contributed by atoms with Gasteiger partial charge in [0.1, 0.15) is 5.69 Å². The van der Waals surface area contributed by atoms with Crippen LogP contribution in [0.15, 0.2) is 39.4 Å². The van der Waals surface area contributed by atoms with E-state index in [1.165, 1.54) is 6.26 Å². The zero-order valence-electron chi connectivity index (χ0n) is 6.50. The van der Waals surface area contributed by atoms with Gasteiger partial charge in [-0.1, -0.05) is 0 Å². The maximum Gasteiger partial charge on any atom is 0.227 e. The maximum atomic E-state index is 13.0. The van der Waals surface area contributed by atoms with E-state index < -0.39 is 5.95 Å². The molecule has 0 fully saturated rings. The van der Waals surface area contributed by atoms with Crippen molar-refractivity contribution in [1.29, 1.82) is 0 Å². The summed E-state index contributed by atoms with van der Waals surface area (Å²) in [5, 5.41) is 0. The van der Waals surface area contributed by atoms with Crippen LogP contribution < -0.4 is 0 Å². The van der Waals surface area contributed by atoms with Gasteiger partial charge in [-0.3, -0.25) is 0 Å². The lowest BCUT2D eigenvalue weighted by Gasteiger charge is -1.96. The Morgan fingerprint density at radius 1 is 1.31 bits per heavy atom. The monoisotopic (exact) mass is 241 g/mol. The Kier molecular flexibility index (Phi) is 2.14. The zero-order valence-corrected chi connectivity index (χ0v) is 8.08. The second-order valence-electron chi connectivity index (χ2n) is 2.45. The molecule has 0 aliphatic heterocycles. The predicted molar refractivity (Wildman–Crippen MR) is 49.6 cm³/mol. The van der Waals surface area contributed by atoms with E-state index in [0.29, 0.717) is 15.9 Å². The average molecular weight is 242 g/mol. The first-order chi connectivity index (χ1) is 6.27. The van der Waals surface area contributed by atoms with Gasteiger partial charge in [0.25, 0.3) is 0 Å². The smallest absolute Gasteiger partial charge is 0.227 e. The third-order valence-electron chi connectivity index (χ3n) is 1.58. The first-order valence-corrected chi connectivity index (χ1v) is 4.42. The Balaban J connectivity index is 2.49. The quantitative estimate of drug-likeness (QED) is 0.717. The lowest BCUT2D eigenvalue weighted by Crippen LogP contribution is -1.87. The van der Waals surface area contributed by atoms with Crippen LogP contribution in [-0.4, -0.2) is 4.98 Å². The fourth-order valence-electron chi connectivity index (χ4n) is 0.979. The second kappa shape index (κ2) is 3.30. The molecule has 4 heteroatoms. The summed E-state index contributed by atoms with van der Waals surface area (Å²) >= 11 is 3.02. The highest BCUT2D eigenvalue weighted by molar-refractivity contribution is 9.10. The summed E-state index contributed by atoms with van der Waals surface area (Å²) in [4.78, 5) is 3.71. The lowest BCUT2D eigenvalue weighted by atomic mass is 10.3. The summed E-state index contributed by atoms with van der Waals surface area (Å²) in [6.45, 7) is 0. The van der Waals surface area contributed by atoms with Crippen molar-refractivity contribution in [2.24, 2.45) is 0 Å². The zero-order chi connectivity index (χ0) is 9.26. The molecule has 2 aromatic rings. The highest BCUT2D eigenvalue weighted by atomic mass is 79.9. The molecule has 0 unspecified atom stereocenters. The van der Waals surface area contributed by atoms with Gasteiger partial charge in [0, 0.05) is 0 Å². The summed E-state index contributed by atoms with van der Waals surface area (Å²) in [6.07, 6.45) is 1.52. The number of hydrogen-bond donors (Lipinski definition) is 0. The van der Waals surface area contributed by atoms with E-state index in [2.05, 4.69) is 20.9 Å². The number of rotatable bonds is 1. The van der Waals surface area contributed by atoms with Crippen molar-refractivity contribution in [3.05, 3.63) is 40.9 Å². The number of furan rings is 1. The van der Waals surface area contributed by atoms with Crippen LogP contribution in [0.5, 0.6) is 0 Å². The van der Waals surface area contributed by atoms with Crippen molar-refractivity contribution in [3.63, 3.8) is 0 Å². The van der Waals surface area contributed by atoms with Crippen molar-refractivity contribution >= 4 is 15.9 Å². The van der Waals surface area contributed by atoms with E-state index in [4.69, 9.17) is 4.42 Å². The first kappa shape index (κ1) is 8.44. The molecule has 0 N–H and O–H groups in total. The molecule has 2 nitrogen and oxygen atoms in total. The van der Waals surface area contributed by atoms with Gasteiger partial charge in [-0.25, -0.2) is 4.98 Å². The Labute approximate surface area is 82.5 Å². The number of halogens is 2. The summed E-state index contributed by atoms with van der Waals surface area (Å²) in [5.41, 5.74) is 0.491. The fourth-order valence-corrected chi connectivity index (χ4v) is 1.20. The molecule has 66 valence electrons. The number of aromatic nitrogens is 1. The molecule has 2 rings (SSSR count). The second-order valence-corrected chi connectivity index (χ2v) is 3.30. The molecule has 0 radical (unpaired) electrons. The van der Waals surface area contributed by atoms with E-state index in [0.717, 1.165) is 0 Å². The summed E-state index contributed by atoms with van der Waals surface area (Å²) in [5.74, 6) is 0.0281. The molecule has 0 amide bonds. The van der Waals surface area contributed by atoms with Crippen LogP contribution in [0.1, 0.15) is 0 Å². The third-order valence-corrected chi connectivity index (χ3v) is 2.17. The minimum Gasteiger partial charge on any atom is -0.463 e. The Bertz CT molecular complexity index is 414. The first-order valence-electron chi connectivity index (χ1n) is 3.63. The highest BCUT2D eigenvalue weighted by Gasteiger charge is 2.05. The normalized spacial score (nSPS) is 10.3. The molecule has 0 atom stereocenters. The van der Waals surface area contributed by atoms with Gasteiger partial charge >= 0.3 is 0 Å². The summed E-state index contributed by atoms with van der Waals surface area (Å²) < 4.78 is 18.4. The Hall–Kier alpha value is -1.16. The Morgan fingerprint density at radius 3 is 2.77 bits per heavy atom. The molecule has 0 bridgehead atoms.